The first kappa shape index (κ1) is 25.6. The van der Waals surface area contributed by atoms with E-state index in [0.717, 1.165) is 26.4 Å². The van der Waals surface area contributed by atoms with Crippen LogP contribution in [0.1, 0.15) is 22.3 Å². The molecule has 0 heterocycles. The smallest absolute Gasteiger partial charge is 0.416 e. The summed E-state index contributed by atoms with van der Waals surface area (Å²) in [6, 6.07) is 4.42. The second kappa shape index (κ2) is 9.08. The van der Waals surface area contributed by atoms with Crippen LogP contribution in [0.4, 0.5) is 32.0 Å². The minimum Gasteiger partial charge on any atom is -0.468 e. The zero-order valence-electron chi connectivity index (χ0n) is 16.9. The Balaban J connectivity index is 2.87. The van der Waals surface area contributed by atoms with Crippen LogP contribution in [0.3, 0.4) is 0 Å². The summed E-state index contributed by atoms with van der Waals surface area (Å²) in [5.41, 5.74) is -7.76. The Morgan fingerprint density at radius 2 is 1.39 bits per heavy atom. The summed E-state index contributed by atoms with van der Waals surface area (Å²) in [4.78, 5) is 35.9. The van der Waals surface area contributed by atoms with Crippen molar-refractivity contribution in [1.82, 2.24) is 0 Å². The Morgan fingerprint density at radius 1 is 0.879 bits per heavy atom. The van der Waals surface area contributed by atoms with Crippen molar-refractivity contribution >= 4 is 17.6 Å². The molecule has 2 aromatic rings. The summed E-state index contributed by atoms with van der Waals surface area (Å²) < 4.78 is 87.8. The van der Waals surface area contributed by atoms with Gasteiger partial charge in [0.25, 0.3) is 5.69 Å². The van der Waals surface area contributed by atoms with Crippen LogP contribution < -0.4 is 0 Å². The molecule has 33 heavy (non-hydrogen) atoms. The average Bonchev–Trinajstić information content (AvgIpc) is 2.74. The summed E-state index contributed by atoms with van der Waals surface area (Å²) >= 11 is 0. The van der Waals surface area contributed by atoms with Gasteiger partial charge >= 0.3 is 24.3 Å². The first-order valence-electron chi connectivity index (χ1n) is 8.87. The molecule has 7 nitrogen and oxygen atoms in total. The van der Waals surface area contributed by atoms with Crippen LogP contribution in [0.15, 0.2) is 42.5 Å². The molecule has 0 bridgehead atoms. The maximum Gasteiger partial charge on any atom is 0.416 e. The van der Waals surface area contributed by atoms with Crippen molar-refractivity contribution in [3.05, 3.63) is 74.8 Å². The van der Waals surface area contributed by atoms with Crippen LogP contribution in [0, 0.1) is 10.1 Å². The van der Waals surface area contributed by atoms with Crippen LogP contribution >= 0.6 is 0 Å². The Labute approximate surface area is 182 Å². The Hall–Kier alpha value is -3.64. The normalized spacial score (nSPS) is 12.2. The third kappa shape index (κ3) is 5.07. The molecule has 2 rings (SSSR count). The van der Waals surface area contributed by atoms with Crippen LogP contribution in [0.5, 0.6) is 0 Å². The highest BCUT2D eigenvalue weighted by molar-refractivity contribution is 6.07. The van der Waals surface area contributed by atoms with Crippen molar-refractivity contribution in [1.29, 1.82) is 0 Å². The number of benzene rings is 2. The quantitative estimate of drug-likeness (QED) is 0.200. The molecule has 0 radical (unpaired) electrons. The second-order valence-corrected chi connectivity index (χ2v) is 6.75. The largest absolute Gasteiger partial charge is 0.468 e. The number of hydrogen-bond donors (Lipinski definition) is 0. The Morgan fingerprint density at radius 3 is 1.85 bits per heavy atom. The molecule has 0 atom stereocenters. The Bertz CT molecular complexity index is 1060. The monoisotopic (exact) mass is 479 g/mol. The first-order valence-corrected chi connectivity index (χ1v) is 8.87. The lowest BCUT2D eigenvalue weighted by Crippen LogP contribution is -2.48. The van der Waals surface area contributed by atoms with Crippen molar-refractivity contribution in [2.75, 3.05) is 14.2 Å². The predicted molar refractivity (Wildman–Crippen MR) is 99.0 cm³/mol. The van der Waals surface area contributed by atoms with Crippen molar-refractivity contribution in [2.45, 2.75) is 24.2 Å². The van der Waals surface area contributed by atoms with Crippen LogP contribution in [-0.4, -0.2) is 31.1 Å². The number of carbonyl (C=O) groups excluding carboxylic acids is 2. The molecule has 0 unspecified atom stereocenters. The fourth-order valence-electron chi connectivity index (χ4n) is 3.27. The number of carbonyl (C=O) groups is 2. The highest BCUT2D eigenvalue weighted by Crippen LogP contribution is 2.41. The number of halogens is 6. The van der Waals surface area contributed by atoms with Gasteiger partial charge in [0, 0.05) is 12.5 Å². The highest BCUT2D eigenvalue weighted by Gasteiger charge is 2.54. The van der Waals surface area contributed by atoms with Gasteiger partial charge in [-0.1, -0.05) is 18.2 Å². The van der Waals surface area contributed by atoms with E-state index in [1.54, 1.807) is 0 Å². The fraction of sp³-hybridized carbons (Fsp3) is 0.300. The number of ether oxygens (including phenoxy) is 2. The molecule has 0 saturated carbocycles. The molecule has 0 spiro atoms. The van der Waals surface area contributed by atoms with Crippen molar-refractivity contribution in [3.8, 4) is 0 Å². The van der Waals surface area contributed by atoms with E-state index in [9.17, 15) is 46.0 Å². The summed E-state index contributed by atoms with van der Waals surface area (Å²) in [5.74, 6) is -2.95. The van der Waals surface area contributed by atoms with E-state index < -0.39 is 63.4 Å². The SMILES string of the molecule is COC(=O)C(Cc1cccc(C(F)(F)F)c1)(C(=O)OC)c1ccc(C(F)(F)F)cc1[N+](=O)[O-]. The molecule has 0 amide bonds. The lowest BCUT2D eigenvalue weighted by atomic mass is 9.74. The van der Waals surface area contributed by atoms with Gasteiger partial charge in [-0.05, 0) is 23.8 Å². The maximum absolute atomic E-state index is 13.1. The highest BCUT2D eigenvalue weighted by atomic mass is 19.4. The molecule has 2 aromatic carbocycles. The van der Waals surface area contributed by atoms with Crippen molar-refractivity contribution in [2.24, 2.45) is 0 Å². The predicted octanol–water partition coefficient (Wildman–Crippen LogP) is 4.46. The number of esters is 2. The molecular weight excluding hydrogens is 464 g/mol. The van der Waals surface area contributed by atoms with Gasteiger partial charge in [0.15, 0.2) is 0 Å². The summed E-state index contributed by atoms with van der Waals surface area (Å²) in [5, 5.41) is 11.6. The minimum absolute atomic E-state index is 0.113. The molecule has 0 aromatic heterocycles. The zero-order valence-corrected chi connectivity index (χ0v) is 16.9. The number of hydrogen-bond acceptors (Lipinski definition) is 6. The van der Waals surface area contributed by atoms with Gasteiger partial charge in [0.05, 0.1) is 35.8 Å². The van der Waals surface area contributed by atoms with Gasteiger partial charge in [0.1, 0.15) is 0 Å². The lowest BCUT2D eigenvalue weighted by molar-refractivity contribution is -0.386. The average molecular weight is 479 g/mol. The van der Waals surface area contributed by atoms with Gasteiger partial charge < -0.3 is 9.47 Å². The van der Waals surface area contributed by atoms with Gasteiger partial charge in [-0.15, -0.1) is 0 Å². The number of nitro benzene ring substituents is 1. The second-order valence-electron chi connectivity index (χ2n) is 6.75. The zero-order chi connectivity index (χ0) is 25.2. The molecule has 178 valence electrons. The summed E-state index contributed by atoms with van der Waals surface area (Å²) in [6.45, 7) is 0. The molecule has 0 aliphatic rings. The van der Waals surface area contributed by atoms with Gasteiger partial charge in [-0.2, -0.15) is 26.3 Å². The molecule has 13 heteroatoms. The fourth-order valence-corrected chi connectivity index (χ4v) is 3.27. The lowest BCUT2D eigenvalue weighted by Gasteiger charge is -2.29. The minimum atomic E-state index is -5.00. The van der Waals surface area contributed by atoms with Crippen LogP contribution in [0.25, 0.3) is 0 Å². The number of nitro groups is 1. The summed E-state index contributed by atoms with van der Waals surface area (Å²) in [7, 11) is 1.59. The van der Waals surface area contributed by atoms with E-state index >= 15 is 0 Å². The van der Waals surface area contributed by atoms with E-state index in [-0.39, 0.29) is 11.6 Å². The van der Waals surface area contributed by atoms with E-state index in [4.69, 9.17) is 0 Å². The molecule has 0 fully saturated rings. The van der Waals surface area contributed by atoms with E-state index in [1.807, 2.05) is 0 Å². The molecule has 0 aliphatic carbocycles. The van der Waals surface area contributed by atoms with E-state index in [2.05, 4.69) is 9.47 Å². The maximum atomic E-state index is 13.1. The molecule has 0 N–H and O–H groups in total. The number of alkyl halides is 6. The number of rotatable bonds is 6. The molecular formula is C20H15F6NO6. The van der Waals surface area contributed by atoms with Gasteiger partial charge in [-0.3, -0.25) is 19.7 Å². The van der Waals surface area contributed by atoms with Gasteiger partial charge in [0.2, 0.25) is 5.41 Å². The van der Waals surface area contributed by atoms with Crippen molar-refractivity contribution < 1.29 is 50.3 Å². The third-order valence-corrected chi connectivity index (χ3v) is 4.77. The van der Waals surface area contributed by atoms with Crippen LogP contribution in [0.2, 0.25) is 0 Å². The van der Waals surface area contributed by atoms with E-state index in [0.29, 0.717) is 24.3 Å². The van der Waals surface area contributed by atoms with Crippen molar-refractivity contribution in [3.63, 3.8) is 0 Å². The third-order valence-electron chi connectivity index (χ3n) is 4.77. The first-order chi connectivity index (χ1) is 15.2. The van der Waals surface area contributed by atoms with Crippen LogP contribution in [-0.2, 0) is 43.3 Å². The molecule has 0 aliphatic heterocycles. The number of nitrogens with zero attached hydrogens (tertiary/aromatic N) is 1. The topological polar surface area (TPSA) is 95.7 Å². The van der Waals surface area contributed by atoms with E-state index in [1.165, 1.54) is 0 Å². The standard InChI is InChI=1S/C20H15F6NO6/c1-32-16(28)18(17(29)33-2,10-11-4-3-5-12(8-11)19(21,22)23)14-7-6-13(20(24,25)26)9-15(14)27(30)31/h3-9H,10H2,1-2H3. The summed E-state index contributed by atoms with van der Waals surface area (Å²) in [6.07, 6.45) is -10.7. The number of methoxy groups -OCH3 is 2. The molecule has 0 saturated heterocycles. The Kier molecular flexibility index (Phi) is 7.05. The van der Waals surface area contributed by atoms with Gasteiger partial charge in [-0.25, -0.2) is 0 Å².